The second-order valence-corrected chi connectivity index (χ2v) is 5.09. The number of anilines is 1. The molecule has 100 valence electrons. The van der Waals surface area contributed by atoms with Crippen molar-refractivity contribution in [2.24, 2.45) is 5.73 Å². The first kappa shape index (κ1) is 13.3. The second-order valence-electron chi connectivity index (χ2n) is 5.09. The summed E-state index contributed by atoms with van der Waals surface area (Å²) in [5.74, 6) is 1.92. The molecule has 0 aromatic carbocycles. The highest BCUT2D eigenvalue weighted by molar-refractivity contribution is 5.39. The first-order valence-corrected chi connectivity index (χ1v) is 7.07. The maximum atomic E-state index is 5.65. The SMILES string of the molecule is Cc1nccc(N(CCCN)C2CCCCC2)n1. The first-order chi connectivity index (χ1) is 8.81. The lowest BCUT2D eigenvalue weighted by Gasteiger charge is -2.35. The fourth-order valence-electron chi connectivity index (χ4n) is 2.74. The summed E-state index contributed by atoms with van der Waals surface area (Å²) in [5, 5.41) is 0. The zero-order chi connectivity index (χ0) is 12.8. The molecule has 1 aliphatic rings. The van der Waals surface area contributed by atoms with Crippen LogP contribution < -0.4 is 10.6 Å². The molecule has 1 aliphatic carbocycles. The third-order valence-electron chi connectivity index (χ3n) is 3.67. The number of rotatable bonds is 5. The van der Waals surface area contributed by atoms with Crippen molar-refractivity contribution < 1.29 is 0 Å². The lowest BCUT2D eigenvalue weighted by molar-refractivity contribution is 0.411. The van der Waals surface area contributed by atoms with Gasteiger partial charge in [0.05, 0.1) is 0 Å². The number of hydrogen-bond donors (Lipinski definition) is 1. The molecule has 4 nitrogen and oxygen atoms in total. The van der Waals surface area contributed by atoms with Crippen LogP contribution in [0, 0.1) is 6.92 Å². The molecule has 1 aromatic rings. The number of nitrogens with zero attached hydrogens (tertiary/aromatic N) is 3. The van der Waals surface area contributed by atoms with Gasteiger partial charge < -0.3 is 10.6 Å². The molecule has 2 rings (SSSR count). The monoisotopic (exact) mass is 248 g/mol. The van der Waals surface area contributed by atoms with Gasteiger partial charge in [-0.1, -0.05) is 19.3 Å². The molecule has 1 heterocycles. The fourth-order valence-corrected chi connectivity index (χ4v) is 2.74. The Labute approximate surface area is 110 Å². The number of hydrogen-bond acceptors (Lipinski definition) is 4. The van der Waals surface area contributed by atoms with Gasteiger partial charge in [0.1, 0.15) is 11.6 Å². The lowest BCUT2D eigenvalue weighted by Crippen LogP contribution is -2.39. The Hall–Kier alpha value is -1.16. The summed E-state index contributed by atoms with van der Waals surface area (Å²) >= 11 is 0. The van der Waals surface area contributed by atoms with E-state index in [0.29, 0.717) is 6.04 Å². The van der Waals surface area contributed by atoms with E-state index in [1.54, 1.807) is 0 Å². The first-order valence-electron chi connectivity index (χ1n) is 7.07. The highest BCUT2D eigenvalue weighted by atomic mass is 15.2. The quantitative estimate of drug-likeness (QED) is 0.868. The Morgan fingerprint density at radius 2 is 2.11 bits per heavy atom. The van der Waals surface area contributed by atoms with Crippen molar-refractivity contribution in [1.29, 1.82) is 0 Å². The molecule has 0 atom stereocenters. The summed E-state index contributed by atoms with van der Waals surface area (Å²) < 4.78 is 0. The van der Waals surface area contributed by atoms with Gasteiger partial charge in [-0.3, -0.25) is 0 Å². The Balaban J connectivity index is 2.12. The molecule has 1 saturated carbocycles. The summed E-state index contributed by atoms with van der Waals surface area (Å²) in [6, 6.07) is 2.66. The van der Waals surface area contributed by atoms with Crippen LogP contribution in [0.4, 0.5) is 5.82 Å². The molecular formula is C14H24N4. The van der Waals surface area contributed by atoms with Gasteiger partial charge in [0, 0.05) is 18.8 Å². The van der Waals surface area contributed by atoms with Crippen LogP contribution in [0.5, 0.6) is 0 Å². The molecule has 0 aliphatic heterocycles. The third-order valence-corrected chi connectivity index (χ3v) is 3.67. The Morgan fingerprint density at radius 1 is 1.33 bits per heavy atom. The van der Waals surface area contributed by atoms with E-state index in [0.717, 1.165) is 31.2 Å². The maximum absolute atomic E-state index is 5.65. The molecule has 0 saturated heterocycles. The predicted molar refractivity (Wildman–Crippen MR) is 74.7 cm³/mol. The molecule has 0 radical (unpaired) electrons. The summed E-state index contributed by atoms with van der Waals surface area (Å²) in [6.45, 7) is 3.70. The zero-order valence-corrected chi connectivity index (χ0v) is 11.3. The van der Waals surface area contributed by atoms with Crippen LogP contribution in [0.15, 0.2) is 12.3 Å². The molecule has 1 aromatic heterocycles. The van der Waals surface area contributed by atoms with Gasteiger partial charge >= 0.3 is 0 Å². The molecular weight excluding hydrogens is 224 g/mol. The fraction of sp³-hybridized carbons (Fsp3) is 0.714. The highest BCUT2D eigenvalue weighted by Gasteiger charge is 2.21. The van der Waals surface area contributed by atoms with Crippen molar-refractivity contribution >= 4 is 5.82 Å². The van der Waals surface area contributed by atoms with Crippen molar-refractivity contribution in [1.82, 2.24) is 9.97 Å². The minimum atomic E-state index is 0.639. The van der Waals surface area contributed by atoms with Gasteiger partial charge in [0.25, 0.3) is 0 Å². The molecule has 0 amide bonds. The van der Waals surface area contributed by atoms with E-state index in [2.05, 4.69) is 14.9 Å². The van der Waals surface area contributed by atoms with Crippen LogP contribution in [0.1, 0.15) is 44.3 Å². The van der Waals surface area contributed by atoms with Crippen molar-refractivity contribution in [3.05, 3.63) is 18.1 Å². The number of aromatic nitrogens is 2. The van der Waals surface area contributed by atoms with E-state index >= 15 is 0 Å². The molecule has 1 fully saturated rings. The standard InChI is InChI=1S/C14H24N4/c1-12-16-10-8-14(17-12)18(11-5-9-15)13-6-3-2-4-7-13/h8,10,13H,2-7,9,11,15H2,1H3. The van der Waals surface area contributed by atoms with E-state index < -0.39 is 0 Å². The van der Waals surface area contributed by atoms with E-state index in [4.69, 9.17) is 5.73 Å². The average molecular weight is 248 g/mol. The van der Waals surface area contributed by atoms with Crippen LogP contribution in [0.25, 0.3) is 0 Å². The van der Waals surface area contributed by atoms with Crippen molar-refractivity contribution in [3.8, 4) is 0 Å². The Morgan fingerprint density at radius 3 is 2.78 bits per heavy atom. The molecule has 0 bridgehead atoms. The number of aryl methyl sites for hydroxylation is 1. The highest BCUT2D eigenvalue weighted by Crippen LogP contribution is 2.26. The maximum Gasteiger partial charge on any atom is 0.132 e. The Kier molecular flexibility index (Phi) is 4.93. The van der Waals surface area contributed by atoms with Gasteiger partial charge in [0.2, 0.25) is 0 Å². The van der Waals surface area contributed by atoms with Gasteiger partial charge in [-0.15, -0.1) is 0 Å². The topological polar surface area (TPSA) is 55.0 Å². The smallest absolute Gasteiger partial charge is 0.132 e. The van der Waals surface area contributed by atoms with Crippen molar-refractivity contribution in [2.75, 3.05) is 18.0 Å². The van der Waals surface area contributed by atoms with Crippen molar-refractivity contribution in [3.63, 3.8) is 0 Å². The molecule has 2 N–H and O–H groups in total. The van der Waals surface area contributed by atoms with Crippen LogP contribution in [-0.4, -0.2) is 29.1 Å². The molecule has 0 spiro atoms. The van der Waals surface area contributed by atoms with Crippen molar-refractivity contribution in [2.45, 2.75) is 51.5 Å². The van der Waals surface area contributed by atoms with Crippen LogP contribution in [0.2, 0.25) is 0 Å². The van der Waals surface area contributed by atoms with E-state index in [9.17, 15) is 0 Å². The van der Waals surface area contributed by atoms with Gasteiger partial charge in [-0.05, 0) is 38.8 Å². The van der Waals surface area contributed by atoms with Crippen LogP contribution in [0.3, 0.4) is 0 Å². The number of nitrogens with two attached hydrogens (primary N) is 1. The summed E-state index contributed by atoms with van der Waals surface area (Å²) in [7, 11) is 0. The molecule has 0 unspecified atom stereocenters. The zero-order valence-electron chi connectivity index (χ0n) is 11.3. The largest absolute Gasteiger partial charge is 0.353 e. The Bertz CT molecular complexity index is 361. The van der Waals surface area contributed by atoms with Gasteiger partial charge in [-0.2, -0.15) is 0 Å². The van der Waals surface area contributed by atoms with Gasteiger partial charge in [-0.25, -0.2) is 9.97 Å². The normalized spacial score (nSPS) is 16.8. The van der Waals surface area contributed by atoms with E-state index in [-0.39, 0.29) is 0 Å². The average Bonchev–Trinajstić information content (AvgIpc) is 2.40. The van der Waals surface area contributed by atoms with Gasteiger partial charge in [0.15, 0.2) is 0 Å². The minimum Gasteiger partial charge on any atom is -0.353 e. The summed E-state index contributed by atoms with van der Waals surface area (Å²) in [5.41, 5.74) is 5.65. The predicted octanol–water partition coefficient (Wildman–Crippen LogP) is 2.27. The summed E-state index contributed by atoms with van der Waals surface area (Å²) in [4.78, 5) is 11.2. The second kappa shape index (κ2) is 6.69. The summed E-state index contributed by atoms with van der Waals surface area (Å²) in [6.07, 6.45) is 9.52. The lowest BCUT2D eigenvalue weighted by atomic mass is 9.94. The van der Waals surface area contributed by atoms with Crippen LogP contribution in [-0.2, 0) is 0 Å². The van der Waals surface area contributed by atoms with E-state index in [1.807, 2.05) is 19.2 Å². The van der Waals surface area contributed by atoms with Crippen LogP contribution >= 0.6 is 0 Å². The minimum absolute atomic E-state index is 0.639. The third kappa shape index (κ3) is 3.42. The van der Waals surface area contributed by atoms with E-state index in [1.165, 1.54) is 32.1 Å². The molecule has 18 heavy (non-hydrogen) atoms. The molecule has 4 heteroatoms.